The highest BCUT2D eigenvalue weighted by molar-refractivity contribution is 14.1. The van der Waals surface area contributed by atoms with E-state index in [0.29, 0.717) is 11.1 Å². The average Bonchev–Trinajstić information content (AvgIpc) is 2.81. The van der Waals surface area contributed by atoms with Gasteiger partial charge in [0.05, 0.1) is 11.1 Å². The number of fused-ring (bicyclic) bond motifs is 1. The van der Waals surface area contributed by atoms with Gasteiger partial charge in [0.15, 0.2) is 0 Å². The van der Waals surface area contributed by atoms with Gasteiger partial charge in [-0.25, -0.2) is 0 Å². The van der Waals surface area contributed by atoms with E-state index in [4.69, 9.17) is 0 Å². The zero-order valence-corrected chi connectivity index (χ0v) is 15.2. The Balaban J connectivity index is 1.89. The van der Waals surface area contributed by atoms with Crippen LogP contribution in [0.4, 0.5) is 0 Å². The zero-order chi connectivity index (χ0) is 17.3. The first-order valence-corrected chi connectivity index (χ1v) is 9.46. The fraction of sp³-hybridized carbons (Fsp3) is 0.412. The SMILES string of the molecule is O=C1CCC(N2C(=O)c3cccc(CCCCI)c3C2=O)C(=O)N1. The number of alkyl halides is 1. The monoisotopic (exact) mass is 440 g/mol. The van der Waals surface area contributed by atoms with Crippen LogP contribution in [-0.2, 0) is 16.0 Å². The first-order valence-electron chi connectivity index (χ1n) is 7.94. The Morgan fingerprint density at radius 3 is 2.62 bits per heavy atom. The molecular formula is C17H17IN2O4. The predicted octanol–water partition coefficient (Wildman–Crippen LogP) is 1.85. The Morgan fingerprint density at radius 1 is 1.12 bits per heavy atom. The Morgan fingerprint density at radius 2 is 1.92 bits per heavy atom. The molecule has 24 heavy (non-hydrogen) atoms. The number of rotatable bonds is 5. The third-order valence-electron chi connectivity index (χ3n) is 4.38. The summed E-state index contributed by atoms with van der Waals surface area (Å²) in [5, 5.41) is 2.21. The number of aryl methyl sites for hydroxylation is 1. The standard InChI is InChI=1S/C17H17IN2O4/c18-9-2-1-4-10-5-3-6-11-14(10)17(24)20(16(11)23)12-7-8-13(21)19-15(12)22/h3,5-6,12H,1-2,4,7-9H2,(H,19,21,22). The third-order valence-corrected chi connectivity index (χ3v) is 5.15. The first-order chi connectivity index (χ1) is 11.5. The third kappa shape index (κ3) is 2.97. The molecule has 4 amide bonds. The number of amides is 4. The molecule has 0 spiro atoms. The zero-order valence-electron chi connectivity index (χ0n) is 13.0. The van der Waals surface area contributed by atoms with E-state index in [9.17, 15) is 19.2 Å². The van der Waals surface area contributed by atoms with Gasteiger partial charge in [-0.05, 0) is 41.7 Å². The number of carbonyl (C=O) groups is 4. The summed E-state index contributed by atoms with van der Waals surface area (Å²) >= 11 is 2.31. The summed E-state index contributed by atoms with van der Waals surface area (Å²) in [5.74, 6) is -1.81. The number of hydrogen-bond acceptors (Lipinski definition) is 4. The van der Waals surface area contributed by atoms with Crippen LogP contribution in [0.1, 0.15) is 52.0 Å². The fourth-order valence-corrected chi connectivity index (χ4v) is 3.74. The van der Waals surface area contributed by atoms with Gasteiger partial charge in [-0.15, -0.1) is 0 Å². The van der Waals surface area contributed by atoms with E-state index in [2.05, 4.69) is 27.9 Å². The van der Waals surface area contributed by atoms with E-state index < -0.39 is 23.8 Å². The van der Waals surface area contributed by atoms with E-state index in [1.165, 1.54) is 0 Å². The number of unbranched alkanes of at least 4 members (excludes halogenated alkanes) is 1. The lowest BCUT2D eigenvalue weighted by molar-refractivity contribution is -0.136. The van der Waals surface area contributed by atoms with Crippen molar-refractivity contribution in [3.63, 3.8) is 0 Å². The molecule has 0 saturated carbocycles. The van der Waals surface area contributed by atoms with Crippen LogP contribution in [-0.4, -0.2) is 39.0 Å². The Labute approximate surface area is 153 Å². The van der Waals surface area contributed by atoms with Crippen molar-refractivity contribution < 1.29 is 19.2 Å². The molecule has 1 unspecified atom stereocenters. The number of nitrogens with one attached hydrogen (secondary N) is 1. The molecule has 2 heterocycles. The highest BCUT2D eigenvalue weighted by atomic mass is 127. The van der Waals surface area contributed by atoms with Crippen molar-refractivity contribution in [1.82, 2.24) is 10.2 Å². The molecule has 0 radical (unpaired) electrons. The number of carbonyl (C=O) groups excluding carboxylic acids is 4. The van der Waals surface area contributed by atoms with Gasteiger partial charge in [-0.3, -0.25) is 29.4 Å². The van der Waals surface area contributed by atoms with Crippen LogP contribution in [0.25, 0.3) is 0 Å². The molecule has 1 saturated heterocycles. The Kier molecular flexibility index (Phi) is 4.98. The minimum Gasteiger partial charge on any atom is -0.295 e. The summed E-state index contributed by atoms with van der Waals surface area (Å²) in [7, 11) is 0. The van der Waals surface area contributed by atoms with Gasteiger partial charge in [-0.1, -0.05) is 34.7 Å². The average molecular weight is 440 g/mol. The molecule has 2 aliphatic heterocycles. The molecule has 3 rings (SSSR count). The quantitative estimate of drug-likeness (QED) is 0.328. The summed E-state index contributed by atoms with van der Waals surface area (Å²) in [6, 6.07) is 4.36. The van der Waals surface area contributed by atoms with Crippen molar-refractivity contribution in [3.8, 4) is 0 Å². The number of benzene rings is 1. The Bertz CT molecular complexity index is 731. The summed E-state index contributed by atoms with van der Waals surface area (Å²) in [4.78, 5) is 49.8. The second kappa shape index (κ2) is 7.00. The van der Waals surface area contributed by atoms with Crippen molar-refractivity contribution in [2.45, 2.75) is 38.1 Å². The van der Waals surface area contributed by atoms with Crippen LogP contribution in [0.2, 0.25) is 0 Å². The normalized spacial score (nSPS) is 20.4. The van der Waals surface area contributed by atoms with Crippen molar-refractivity contribution in [3.05, 3.63) is 34.9 Å². The van der Waals surface area contributed by atoms with E-state index in [-0.39, 0.29) is 18.7 Å². The highest BCUT2D eigenvalue weighted by Gasteiger charge is 2.45. The molecule has 7 heteroatoms. The number of nitrogens with zero attached hydrogens (tertiary/aromatic N) is 1. The molecule has 6 nitrogen and oxygen atoms in total. The largest absolute Gasteiger partial charge is 0.295 e. The molecule has 126 valence electrons. The molecule has 1 aromatic rings. The molecule has 0 aliphatic carbocycles. The highest BCUT2D eigenvalue weighted by Crippen LogP contribution is 2.30. The van der Waals surface area contributed by atoms with Crippen molar-refractivity contribution in [1.29, 1.82) is 0 Å². The van der Waals surface area contributed by atoms with Gasteiger partial charge in [0.25, 0.3) is 11.8 Å². The van der Waals surface area contributed by atoms with Crippen LogP contribution < -0.4 is 5.32 Å². The van der Waals surface area contributed by atoms with Crippen LogP contribution in [0.15, 0.2) is 18.2 Å². The maximum absolute atomic E-state index is 12.8. The second-order valence-electron chi connectivity index (χ2n) is 5.93. The lowest BCUT2D eigenvalue weighted by Crippen LogP contribution is -2.54. The number of piperidine rings is 1. The first kappa shape index (κ1) is 17.1. The molecule has 1 N–H and O–H groups in total. The lowest BCUT2D eigenvalue weighted by atomic mass is 9.98. The van der Waals surface area contributed by atoms with E-state index >= 15 is 0 Å². The van der Waals surface area contributed by atoms with E-state index in [1.807, 2.05) is 6.07 Å². The summed E-state index contributed by atoms with van der Waals surface area (Å²) in [5.41, 5.74) is 1.63. The topological polar surface area (TPSA) is 83.6 Å². The van der Waals surface area contributed by atoms with Gasteiger partial charge in [0, 0.05) is 6.42 Å². The van der Waals surface area contributed by atoms with Gasteiger partial charge in [0.1, 0.15) is 6.04 Å². The minimum atomic E-state index is -0.905. The van der Waals surface area contributed by atoms with Gasteiger partial charge < -0.3 is 0 Å². The summed E-state index contributed by atoms with van der Waals surface area (Å²) < 4.78 is 1.04. The lowest BCUT2D eigenvalue weighted by Gasteiger charge is -2.27. The predicted molar refractivity (Wildman–Crippen MR) is 94.9 cm³/mol. The molecule has 1 fully saturated rings. The number of hydrogen-bond donors (Lipinski definition) is 1. The van der Waals surface area contributed by atoms with E-state index in [0.717, 1.165) is 34.2 Å². The van der Waals surface area contributed by atoms with Crippen molar-refractivity contribution in [2.24, 2.45) is 0 Å². The van der Waals surface area contributed by atoms with Crippen molar-refractivity contribution in [2.75, 3.05) is 4.43 Å². The summed E-state index contributed by atoms with van der Waals surface area (Å²) in [6.45, 7) is 0. The van der Waals surface area contributed by atoms with Gasteiger partial charge in [-0.2, -0.15) is 0 Å². The van der Waals surface area contributed by atoms with Crippen LogP contribution in [0, 0.1) is 0 Å². The van der Waals surface area contributed by atoms with Crippen LogP contribution >= 0.6 is 22.6 Å². The fourth-order valence-electron chi connectivity index (χ4n) is 3.20. The maximum Gasteiger partial charge on any atom is 0.262 e. The summed E-state index contributed by atoms with van der Waals surface area (Å²) in [6.07, 6.45) is 3.03. The second-order valence-corrected chi connectivity index (χ2v) is 7.01. The smallest absolute Gasteiger partial charge is 0.262 e. The minimum absolute atomic E-state index is 0.131. The van der Waals surface area contributed by atoms with Gasteiger partial charge >= 0.3 is 0 Å². The van der Waals surface area contributed by atoms with Crippen LogP contribution in [0.5, 0.6) is 0 Å². The number of halogens is 1. The van der Waals surface area contributed by atoms with Crippen molar-refractivity contribution >= 4 is 46.2 Å². The molecule has 2 aliphatic rings. The molecule has 0 aromatic heterocycles. The molecule has 0 bridgehead atoms. The molecule has 1 aromatic carbocycles. The van der Waals surface area contributed by atoms with E-state index in [1.54, 1.807) is 12.1 Å². The van der Waals surface area contributed by atoms with Gasteiger partial charge in [0.2, 0.25) is 11.8 Å². The van der Waals surface area contributed by atoms with Crippen LogP contribution in [0.3, 0.4) is 0 Å². The number of imide groups is 2. The molecular weight excluding hydrogens is 423 g/mol. The Hall–Kier alpha value is -1.77. The maximum atomic E-state index is 12.8. The molecule has 1 atom stereocenters.